The number of halogens is 1. The predicted octanol–water partition coefficient (Wildman–Crippen LogP) is 7.58. The number of amides is 5. The summed E-state index contributed by atoms with van der Waals surface area (Å²) in [5.41, 5.74) is 6.70. The number of alkyl halides is 1. The van der Waals surface area contributed by atoms with Gasteiger partial charge in [-0.15, -0.1) is 11.6 Å². The van der Waals surface area contributed by atoms with Crippen LogP contribution in [0.2, 0.25) is 0 Å². The Morgan fingerprint density at radius 1 is 0.804 bits per heavy atom. The molecule has 11 heteroatoms. The number of ether oxygens (including phenoxy) is 1. The van der Waals surface area contributed by atoms with Gasteiger partial charge in [-0.3, -0.25) is 34.2 Å². The van der Waals surface area contributed by atoms with E-state index in [4.69, 9.17) is 16.3 Å². The molecule has 0 bridgehead atoms. The molecule has 4 aromatic rings. The minimum atomic E-state index is -1.00. The number of rotatable bonds is 18. The van der Waals surface area contributed by atoms with Crippen molar-refractivity contribution in [3.63, 3.8) is 0 Å². The van der Waals surface area contributed by atoms with Crippen molar-refractivity contribution in [2.75, 3.05) is 37.9 Å². The van der Waals surface area contributed by atoms with Crippen LogP contribution >= 0.6 is 11.6 Å². The summed E-state index contributed by atoms with van der Waals surface area (Å²) >= 11 is 6.30. The Bertz CT molecular complexity index is 2070. The lowest BCUT2D eigenvalue weighted by Gasteiger charge is -2.27. The highest BCUT2D eigenvalue weighted by Crippen LogP contribution is 2.36. The zero-order valence-electron chi connectivity index (χ0n) is 31.6. The lowest BCUT2D eigenvalue weighted by Crippen LogP contribution is -2.54. The number of piperidine rings is 1. The predicted molar refractivity (Wildman–Crippen MR) is 218 cm³/mol. The van der Waals surface area contributed by atoms with Gasteiger partial charge in [0.2, 0.25) is 17.7 Å². The van der Waals surface area contributed by atoms with Gasteiger partial charge in [-0.2, -0.15) is 0 Å². The van der Waals surface area contributed by atoms with Crippen molar-refractivity contribution in [3.8, 4) is 5.75 Å². The molecule has 5 amide bonds. The van der Waals surface area contributed by atoms with Crippen molar-refractivity contribution >= 4 is 58.0 Å². The van der Waals surface area contributed by atoms with Gasteiger partial charge in [-0.05, 0) is 77.8 Å². The van der Waals surface area contributed by atoms with Gasteiger partial charge in [0.25, 0.3) is 11.8 Å². The molecule has 0 radical (unpaired) electrons. The van der Waals surface area contributed by atoms with Gasteiger partial charge >= 0.3 is 0 Å². The largest absolute Gasteiger partial charge is 0.492 e. The van der Waals surface area contributed by atoms with E-state index < -0.39 is 29.7 Å². The van der Waals surface area contributed by atoms with Crippen LogP contribution in [0.1, 0.15) is 88.8 Å². The first-order chi connectivity index (χ1) is 27.3. The summed E-state index contributed by atoms with van der Waals surface area (Å²) in [6.07, 6.45) is 4.67. The second kappa shape index (κ2) is 19.2. The van der Waals surface area contributed by atoms with Gasteiger partial charge in [0.15, 0.2) is 0 Å². The first-order valence-electron chi connectivity index (χ1n) is 19.2. The first kappa shape index (κ1) is 39.9. The number of likely N-dealkylation sites (N-methyl/N-ethyl adjacent to an activating group) is 1. The number of carbonyl (C=O) groups excluding carboxylic acids is 5. The minimum Gasteiger partial charge on any atom is -0.492 e. The third-order valence-corrected chi connectivity index (χ3v) is 10.4. The molecule has 1 unspecified atom stereocenters. The molecule has 1 saturated heterocycles. The van der Waals surface area contributed by atoms with E-state index in [-0.39, 0.29) is 29.9 Å². The highest BCUT2D eigenvalue weighted by Gasteiger charge is 2.45. The van der Waals surface area contributed by atoms with Gasteiger partial charge in [-0.25, -0.2) is 0 Å². The molecule has 6 rings (SSSR count). The summed E-state index contributed by atoms with van der Waals surface area (Å²) < 4.78 is 6.04. The number of allylic oxidation sites excluding steroid dienone is 1. The maximum Gasteiger partial charge on any atom is 0.264 e. The average Bonchev–Trinajstić information content (AvgIpc) is 3.47. The molecule has 2 aliphatic heterocycles. The van der Waals surface area contributed by atoms with E-state index in [9.17, 15) is 24.0 Å². The van der Waals surface area contributed by atoms with Crippen molar-refractivity contribution in [2.24, 2.45) is 0 Å². The lowest BCUT2D eigenvalue weighted by molar-refractivity contribution is -0.136. The molecule has 290 valence electrons. The number of benzene rings is 4. The highest BCUT2D eigenvalue weighted by atomic mass is 35.5. The summed E-state index contributed by atoms with van der Waals surface area (Å²) in [4.78, 5) is 65.9. The van der Waals surface area contributed by atoms with Crippen LogP contribution in [-0.2, 0) is 14.4 Å². The van der Waals surface area contributed by atoms with E-state index in [0.29, 0.717) is 37.7 Å². The number of hydrogen-bond acceptors (Lipinski definition) is 7. The average molecular weight is 775 g/mol. The molecule has 2 aliphatic rings. The van der Waals surface area contributed by atoms with E-state index >= 15 is 0 Å². The highest BCUT2D eigenvalue weighted by molar-refractivity contribution is 6.25. The van der Waals surface area contributed by atoms with Gasteiger partial charge < -0.3 is 15.0 Å². The van der Waals surface area contributed by atoms with Crippen LogP contribution in [0.3, 0.4) is 0 Å². The molecule has 1 fully saturated rings. The molecular weight excluding hydrogens is 728 g/mol. The monoisotopic (exact) mass is 774 g/mol. The molecule has 1 atom stereocenters. The van der Waals surface area contributed by atoms with Crippen LogP contribution in [-0.4, -0.2) is 78.0 Å². The Balaban J connectivity index is 0.922. The van der Waals surface area contributed by atoms with E-state index in [1.165, 1.54) is 5.57 Å². The van der Waals surface area contributed by atoms with E-state index in [1.54, 1.807) is 30.1 Å². The maximum absolute atomic E-state index is 13.3. The van der Waals surface area contributed by atoms with Crippen LogP contribution in [0.25, 0.3) is 11.1 Å². The Labute approximate surface area is 332 Å². The zero-order chi connectivity index (χ0) is 39.4. The molecule has 2 heterocycles. The van der Waals surface area contributed by atoms with E-state index in [0.717, 1.165) is 65.0 Å². The fourth-order valence-electron chi connectivity index (χ4n) is 7.24. The molecule has 2 N–H and O–H groups in total. The van der Waals surface area contributed by atoms with Crippen LogP contribution in [0.4, 0.5) is 5.69 Å². The van der Waals surface area contributed by atoms with E-state index in [2.05, 4.69) is 47.0 Å². The number of nitrogens with one attached hydrogen (secondary N) is 2. The molecule has 0 aliphatic carbocycles. The molecule has 0 spiro atoms. The smallest absolute Gasteiger partial charge is 0.264 e. The van der Waals surface area contributed by atoms with Gasteiger partial charge in [0, 0.05) is 38.0 Å². The van der Waals surface area contributed by atoms with Crippen molar-refractivity contribution < 1.29 is 28.7 Å². The normalized spacial score (nSPS) is 15.6. The second-order valence-electron chi connectivity index (χ2n) is 14.0. The van der Waals surface area contributed by atoms with Crippen molar-refractivity contribution in [2.45, 2.75) is 57.4 Å². The number of hydrogen-bond donors (Lipinski definition) is 2. The van der Waals surface area contributed by atoms with Crippen LogP contribution < -0.4 is 15.4 Å². The summed E-state index contributed by atoms with van der Waals surface area (Å²) in [5.74, 6) is -0.793. The van der Waals surface area contributed by atoms with Gasteiger partial charge in [0.05, 0.1) is 17.7 Å². The van der Waals surface area contributed by atoms with Crippen molar-refractivity contribution in [3.05, 3.63) is 131 Å². The maximum atomic E-state index is 13.3. The summed E-state index contributed by atoms with van der Waals surface area (Å²) in [5, 5.41) is 5.49. The van der Waals surface area contributed by atoms with Crippen molar-refractivity contribution in [1.82, 2.24) is 15.1 Å². The third-order valence-electron chi connectivity index (χ3n) is 10.2. The topological polar surface area (TPSA) is 125 Å². The minimum absolute atomic E-state index is 0.0658. The zero-order valence-corrected chi connectivity index (χ0v) is 32.4. The Morgan fingerprint density at radius 2 is 1.48 bits per heavy atom. The first-order valence-corrected chi connectivity index (χ1v) is 19.8. The Kier molecular flexibility index (Phi) is 13.7. The number of imide groups is 2. The molecule has 4 aromatic carbocycles. The SMILES string of the molecule is CN(CCOc1ccc(/C(=C(/CCCl)c2ccccc2)c2ccccc2)cc1)C(=O)CCCCCCNc1cccc2c1C(=O)N(C1CCC(=O)NC1=O)C2=O. The Hall–Kier alpha value is -5.74. The van der Waals surface area contributed by atoms with Crippen LogP contribution in [0.5, 0.6) is 5.75 Å². The van der Waals surface area contributed by atoms with Crippen LogP contribution in [0, 0.1) is 0 Å². The number of unbranched alkanes of at least 4 members (excludes halogenated alkanes) is 3. The molecule has 0 saturated carbocycles. The molecular formula is C45H47ClN4O6. The number of nitrogens with zero attached hydrogens (tertiary/aromatic N) is 2. The summed E-state index contributed by atoms with van der Waals surface area (Å²) in [6, 6.07) is 32.8. The number of anilines is 1. The standard InChI is InChI=1S/C45H47ClN4O6/c1-49(29-30-56-34-22-20-33(21-23-34)41(32-15-8-5-9-16-32)35(26-27-46)31-13-6-4-7-14-31)40(52)19-10-2-3-11-28-47-37-18-12-17-36-42(37)45(55)50(44(36)54)38-24-25-39(51)48-43(38)53/h4-9,12-18,20-23,38,47H,2-3,10-11,19,24-30H2,1H3,(H,48,51,53)/b41-35-. The van der Waals surface area contributed by atoms with Gasteiger partial charge in [-0.1, -0.05) is 91.7 Å². The fourth-order valence-corrected chi connectivity index (χ4v) is 7.43. The number of fused-ring (bicyclic) bond motifs is 1. The second-order valence-corrected chi connectivity index (χ2v) is 14.4. The van der Waals surface area contributed by atoms with Gasteiger partial charge in [0.1, 0.15) is 18.4 Å². The molecule has 56 heavy (non-hydrogen) atoms. The Morgan fingerprint density at radius 3 is 2.18 bits per heavy atom. The lowest BCUT2D eigenvalue weighted by atomic mass is 9.88. The number of carbonyl (C=O) groups is 5. The molecule has 10 nitrogen and oxygen atoms in total. The van der Waals surface area contributed by atoms with E-state index in [1.807, 2.05) is 48.5 Å². The molecule has 0 aromatic heterocycles. The summed E-state index contributed by atoms with van der Waals surface area (Å²) in [7, 11) is 1.79. The van der Waals surface area contributed by atoms with Crippen LogP contribution in [0.15, 0.2) is 103 Å². The fraction of sp³-hybridized carbons (Fsp3) is 0.311. The summed E-state index contributed by atoms with van der Waals surface area (Å²) in [6.45, 7) is 1.42. The third kappa shape index (κ3) is 9.55. The van der Waals surface area contributed by atoms with Crippen molar-refractivity contribution in [1.29, 1.82) is 0 Å². The quantitative estimate of drug-likeness (QED) is 0.0463.